The number of carbonyl (C=O) groups is 1. The van der Waals surface area contributed by atoms with Crippen LogP contribution in [-0.2, 0) is 11.3 Å². The predicted octanol–water partition coefficient (Wildman–Crippen LogP) is 3.67. The van der Waals surface area contributed by atoms with Crippen LogP contribution >= 0.6 is 15.9 Å². The van der Waals surface area contributed by atoms with Gasteiger partial charge in [-0.1, -0.05) is 58.4 Å². The minimum absolute atomic E-state index is 0.0871. The van der Waals surface area contributed by atoms with E-state index >= 15 is 0 Å². The van der Waals surface area contributed by atoms with Gasteiger partial charge < -0.3 is 5.32 Å². The van der Waals surface area contributed by atoms with Gasteiger partial charge in [0.25, 0.3) is 5.91 Å². The lowest BCUT2D eigenvalue weighted by Crippen LogP contribution is -2.23. The van der Waals surface area contributed by atoms with Crippen LogP contribution in [0.2, 0.25) is 0 Å². The molecular formula is C17H13BrN2O. The second-order valence-electron chi connectivity index (χ2n) is 4.39. The topological polar surface area (TPSA) is 52.9 Å². The molecule has 0 aromatic heterocycles. The maximum Gasteiger partial charge on any atom is 0.262 e. The van der Waals surface area contributed by atoms with E-state index in [1.807, 2.05) is 60.7 Å². The average Bonchev–Trinajstić information content (AvgIpc) is 2.51. The van der Waals surface area contributed by atoms with Gasteiger partial charge in [-0.2, -0.15) is 5.26 Å². The van der Waals surface area contributed by atoms with Crippen molar-refractivity contribution in [1.82, 2.24) is 5.32 Å². The lowest BCUT2D eigenvalue weighted by atomic mass is 10.1. The molecular weight excluding hydrogens is 328 g/mol. The summed E-state index contributed by atoms with van der Waals surface area (Å²) in [6.45, 7) is 0.400. The van der Waals surface area contributed by atoms with Crippen LogP contribution in [0.3, 0.4) is 0 Å². The molecule has 0 bridgehead atoms. The van der Waals surface area contributed by atoms with Crippen LogP contribution in [0, 0.1) is 11.3 Å². The molecule has 0 aliphatic rings. The van der Waals surface area contributed by atoms with Crippen molar-refractivity contribution in [3.05, 3.63) is 75.8 Å². The first-order valence-electron chi connectivity index (χ1n) is 6.38. The first kappa shape index (κ1) is 15.0. The van der Waals surface area contributed by atoms with Crippen molar-refractivity contribution in [3.8, 4) is 6.07 Å². The van der Waals surface area contributed by atoms with E-state index in [2.05, 4.69) is 21.2 Å². The molecule has 3 nitrogen and oxygen atoms in total. The van der Waals surface area contributed by atoms with Gasteiger partial charge in [0, 0.05) is 11.0 Å². The molecule has 0 radical (unpaired) electrons. The average molecular weight is 341 g/mol. The van der Waals surface area contributed by atoms with Gasteiger partial charge in [-0.05, 0) is 29.3 Å². The van der Waals surface area contributed by atoms with Crippen molar-refractivity contribution in [2.24, 2.45) is 0 Å². The number of hydrogen-bond acceptors (Lipinski definition) is 2. The molecule has 2 aromatic rings. The van der Waals surface area contributed by atoms with E-state index in [1.165, 1.54) is 0 Å². The van der Waals surface area contributed by atoms with E-state index < -0.39 is 0 Å². The Hall–Kier alpha value is -2.38. The summed E-state index contributed by atoms with van der Waals surface area (Å²) in [5.74, 6) is -0.374. The Morgan fingerprint density at radius 3 is 2.62 bits per heavy atom. The Balaban J connectivity index is 2.07. The maximum atomic E-state index is 12.0. The minimum atomic E-state index is -0.374. The normalized spacial score (nSPS) is 10.8. The van der Waals surface area contributed by atoms with Crippen LogP contribution in [0.1, 0.15) is 11.1 Å². The van der Waals surface area contributed by atoms with E-state index in [0.29, 0.717) is 6.54 Å². The molecule has 2 aromatic carbocycles. The number of benzene rings is 2. The summed E-state index contributed by atoms with van der Waals surface area (Å²) in [5, 5.41) is 11.9. The van der Waals surface area contributed by atoms with Crippen molar-refractivity contribution in [3.63, 3.8) is 0 Å². The first-order chi connectivity index (χ1) is 10.2. The number of carbonyl (C=O) groups excluding carboxylic acids is 1. The zero-order valence-electron chi connectivity index (χ0n) is 11.2. The summed E-state index contributed by atoms with van der Waals surface area (Å²) in [6, 6.07) is 18.9. The van der Waals surface area contributed by atoms with Crippen LogP contribution in [0.25, 0.3) is 6.08 Å². The van der Waals surface area contributed by atoms with Gasteiger partial charge in [-0.15, -0.1) is 0 Å². The number of nitrogens with one attached hydrogen (secondary N) is 1. The molecule has 104 valence electrons. The number of halogens is 1. The third-order valence-electron chi connectivity index (χ3n) is 2.82. The fourth-order valence-electron chi connectivity index (χ4n) is 1.79. The Kier molecular flexibility index (Phi) is 5.30. The smallest absolute Gasteiger partial charge is 0.262 e. The highest BCUT2D eigenvalue weighted by Crippen LogP contribution is 2.14. The molecule has 0 aliphatic heterocycles. The van der Waals surface area contributed by atoms with Gasteiger partial charge in [0.15, 0.2) is 0 Å². The lowest BCUT2D eigenvalue weighted by Gasteiger charge is -2.04. The number of nitrogens with zero attached hydrogens (tertiary/aromatic N) is 1. The van der Waals surface area contributed by atoms with E-state index in [1.54, 1.807) is 6.08 Å². The molecule has 0 saturated heterocycles. The second-order valence-corrected chi connectivity index (χ2v) is 5.31. The Morgan fingerprint density at radius 2 is 1.95 bits per heavy atom. The lowest BCUT2D eigenvalue weighted by molar-refractivity contribution is -0.117. The molecule has 0 unspecified atom stereocenters. The van der Waals surface area contributed by atoms with Crippen molar-refractivity contribution >= 4 is 27.9 Å². The Labute approximate surface area is 132 Å². The standard InChI is InChI=1S/C17H13BrN2O/c18-16-8-4-7-14(10-16)9-15(11-19)17(21)20-12-13-5-2-1-3-6-13/h1-10H,12H2,(H,20,21)/b15-9+. The summed E-state index contributed by atoms with van der Waals surface area (Å²) in [4.78, 5) is 12.0. The Bertz CT molecular complexity index is 702. The largest absolute Gasteiger partial charge is 0.347 e. The van der Waals surface area contributed by atoms with Crippen molar-refractivity contribution < 1.29 is 4.79 Å². The van der Waals surface area contributed by atoms with Crippen molar-refractivity contribution in [2.45, 2.75) is 6.54 Å². The first-order valence-corrected chi connectivity index (χ1v) is 7.18. The molecule has 0 atom stereocenters. The van der Waals surface area contributed by atoms with Crippen LogP contribution in [0.4, 0.5) is 0 Å². The molecule has 0 fully saturated rings. The Morgan fingerprint density at radius 1 is 1.19 bits per heavy atom. The minimum Gasteiger partial charge on any atom is -0.347 e. The quantitative estimate of drug-likeness (QED) is 0.681. The van der Waals surface area contributed by atoms with Gasteiger partial charge in [0.05, 0.1) is 0 Å². The molecule has 21 heavy (non-hydrogen) atoms. The zero-order chi connectivity index (χ0) is 15.1. The highest BCUT2D eigenvalue weighted by Gasteiger charge is 2.08. The van der Waals surface area contributed by atoms with Crippen LogP contribution < -0.4 is 5.32 Å². The summed E-state index contributed by atoms with van der Waals surface area (Å²) < 4.78 is 0.901. The highest BCUT2D eigenvalue weighted by molar-refractivity contribution is 9.10. The van der Waals surface area contributed by atoms with Gasteiger partial charge in [-0.3, -0.25) is 4.79 Å². The van der Waals surface area contributed by atoms with Gasteiger partial charge >= 0.3 is 0 Å². The van der Waals surface area contributed by atoms with Crippen LogP contribution in [0.15, 0.2) is 64.6 Å². The van der Waals surface area contributed by atoms with E-state index in [4.69, 9.17) is 5.26 Å². The molecule has 0 aliphatic carbocycles. The molecule has 0 heterocycles. The van der Waals surface area contributed by atoms with Crippen molar-refractivity contribution in [2.75, 3.05) is 0 Å². The van der Waals surface area contributed by atoms with Gasteiger partial charge in [-0.25, -0.2) is 0 Å². The summed E-state index contributed by atoms with van der Waals surface area (Å²) in [5.41, 5.74) is 1.88. The molecule has 2 rings (SSSR count). The SMILES string of the molecule is N#C/C(=C\c1cccc(Br)c1)C(=O)NCc1ccccc1. The van der Waals surface area contributed by atoms with Crippen LogP contribution in [0.5, 0.6) is 0 Å². The molecule has 1 N–H and O–H groups in total. The summed E-state index contributed by atoms with van der Waals surface area (Å²) >= 11 is 3.36. The third-order valence-corrected chi connectivity index (χ3v) is 3.31. The van der Waals surface area contributed by atoms with Crippen LogP contribution in [-0.4, -0.2) is 5.91 Å². The second kappa shape index (κ2) is 7.41. The van der Waals surface area contributed by atoms with Gasteiger partial charge in [0.1, 0.15) is 11.6 Å². The predicted molar refractivity (Wildman–Crippen MR) is 86.0 cm³/mol. The third kappa shape index (κ3) is 4.59. The fraction of sp³-hybridized carbons (Fsp3) is 0.0588. The molecule has 1 amide bonds. The number of hydrogen-bond donors (Lipinski definition) is 1. The van der Waals surface area contributed by atoms with Crippen molar-refractivity contribution in [1.29, 1.82) is 5.26 Å². The summed E-state index contributed by atoms with van der Waals surface area (Å²) in [6.07, 6.45) is 1.57. The number of nitriles is 1. The zero-order valence-corrected chi connectivity index (χ0v) is 12.8. The summed E-state index contributed by atoms with van der Waals surface area (Å²) in [7, 11) is 0. The molecule has 0 spiro atoms. The van der Waals surface area contributed by atoms with E-state index in [-0.39, 0.29) is 11.5 Å². The molecule has 0 saturated carbocycles. The van der Waals surface area contributed by atoms with Gasteiger partial charge in [0.2, 0.25) is 0 Å². The highest BCUT2D eigenvalue weighted by atomic mass is 79.9. The fourth-order valence-corrected chi connectivity index (χ4v) is 2.20. The van der Waals surface area contributed by atoms with E-state index in [0.717, 1.165) is 15.6 Å². The van der Waals surface area contributed by atoms with E-state index in [9.17, 15) is 4.79 Å². The number of amides is 1. The maximum absolute atomic E-state index is 12.0. The molecule has 4 heteroatoms. The number of rotatable bonds is 4. The monoisotopic (exact) mass is 340 g/mol.